The zero-order valence-corrected chi connectivity index (χ0v) is 15.1. The lowest BCUT2D eigenvalue weighted by atomic mass is 10.2. The molecule has 1 amide bonds. The molecule has 2 aromatic carbocycles. The van der Waals surface area contributed by atoms with Crippen LogP contribution in [0.2, 0.25) is 5.02 Å². The molecule has 23 heavy (non-hydrogen) atoms. The molecule has 0 saturated heterocycles. The van der Waals surface area contributed by atoms with Gasteiger partial charge in [0.05, 0.1) is 12.3 Å². The predicted octanol–water partition coefficient (Wildman–Crippen LogP) is 3.16. The van der Waals surface area contributed by atoms with E-state index in [0.717, 1.165) is 4.47 Å². The van der Waals surface area contributed by atoms with Crippen molar-refractivity contribution in [2.45, 2.75) is 5.75 Å². The molecule has 0 unspecified atom stereocenters. The van der Waals surface area contributed by atoms with E-state index in [9.17, 15) is 13.2 Å². The average molecular weight is 418 g/mol. The molecule has 0 spiro atoms. The second-order valence-corrected chi connectivity index (χ2v) is 7.92. The van der Waals surface area contributed by atoms with Gasteiger partial charge in [-0.25, -0.2) is 13.1 Å². The van der Waals surface area contributed by atoms with Crippen molar-refractivity contribution < 1.29 is 13.2 Å². The lowest BCUT2D eigenvalue weighted by Crippen LogP contribution is -2.33. The van der Waals surface area contributed by atoms with E-state index in [1.165, 1.54) is 0 Å². The van der Waals surface area contributed by atoms with Gasteiger partial charge in [0.15, 0.2) is 0 Å². The zero-order chi connectivity index (χ0) is 16.9. The van der Waals surface area contributed by atoms with Crippen LogP contribution in [0.4, 0.5) is 5.69 Å². The maximum absolute atomic E-state index is 12.0. The van der Waals surface area contributed by atoms with Crippen molar-refractivity contribution in [3.63, 3.8) is 0 Å². The molecule has 0 aliphatic heterocycles. The molecule has 0 aliphatic rings. The van der Waals surface area contributed by atoms with E-state index in [1.54, 1.807) is 42.5 Å². The number of sulfonamides is 1. The summed E-state index contributed by atoms with van der Waals surface area (Å²) < 4.78 is 27.1. The Morgan fingerprint density at radius 2 is 1.83 bits per heavy atom. The maximum atomic E-state index is 12.0. The Labute approximate surface area is 148 Å². The number of halogens is 2. The van der Waals surface area contributed by atoms with Crippen molar-refractivity contribution in [2.24, 2.45) is 0 Å². The lowest BCUT2D eigenvalue weighted by Gasteiger charge is -2.08. The molecule has 0 saturated carbocycles. The van der Waals surface area contributed by atoms with E-state index >= 15 is 0 Å². The molecular weight excluding hydrogens is 404 g/mol. The number of benzene rings is 2. The Bertz CT molecular complexity index is 795. The van der Waals surface area contributed by atoms with E-state index in [1.807, 2.05) is 6.07 Å². The van der Waals surface area contributed by atoms with E-state index in [0.29, 0.717) is 16.3 Å². The van der Waals surface area contributed by atoms with Crippen molar-refractivity contribution in [3.05, 3.63) is 63.6 Å². The van der Waals surface area contributed by atoms with Gasteiger partial charge in [0.25, 0.3) is 0 Å². The Kier molecular flexibility index (Phi) is 6.17. The maximum Gasteiger partial charge on any atom is 0.239 e. The summed E-state index contributed by atoms with van der Waals surface area (Å²) in [5, 5.41) is 3.14. The van der Waals surface area contributed by atoms with Crippen LogP contribution >= 0.6 is 27.5 Å². The summed E-state index contributed by atoms with van der Waals surface area (Å²) in [6, 6.07) is 13.5. The van der Waals surface area contributed by atoms with Gasteiger partial charge in [0.1, 0.15) is 0 Å². The minimum Gasteiger partial charge on any atom is -0.325 e. The fourth-order valence-electron chi connectivity index (χ4n) is 1.81. The monoisotopic (exact) mass is 416 g/mol. The molecule has 0 atom stereocenters. The van der Waals surface area contributed by atoms with Crippen molar-refractivity contribution in [2.75, 3.05) is 11.9 Å². The molecule has 2 rings (SSSR count). The summed E-state index contributed by atoms with van der Waals surface area (Å²) in [6.45, 7) is -0.334. The molecule has 0 aromatic heterocycles. The van der Waals surface area contributed by atoms with E-state index in [4.69, 9.17) is 11.6 Å². The fraction of sp³-hybridized carbons (Fsp3) is 0.133. The lowest BCUT2D eigenvalue weighted by molar-refractivity contribution is -0.115. The van der Waals surface area contributed by atoms with Crippen LogP contribution in [0.25, 0.3) is 0 Å². The number of hydrogen-bond acceptors (Lipinski definition) is 3. The minimum atomic E-state index is -3.60. The molecule has 0 fully saturated rings. The molecule has 2 aromatic rings. The highest BCUT2D eigenvalue weighted by Gasteiger charge is 2.13. The van der Waals surface area contributed by atoms with Crippen molar-refractivity contribution in [1.29, 1.82) is 0 Å². The number of hydrogen-bond donors (Lipinski definition) is 2. The smallest absolute Gasteiger partial charge is 0.239 e. The third-order valence-electron chi connectivity index (χ3n) is 2.83. The highest BCUT2D eigenvalue weighted by atomic mass is 79.9. The molecule has 0 radical (unpaired) electrons. The first-order valence-corrected chi connectivity index (χ1v) is 9.43. The van der Waals surface area contributed by atoms with Gasteiger partial charge in [-0.05, 0) is 42.0 Å². The largest absolute Gasteiger partial charge is 0.325 e. The van der Waals surface area contributed by atoms with Crippen LogP contribution in [0.3, 0.4) is 0 Å². The SMILES string of the molecule is O=C(CNS(=O)(=O)Cc1cccc(Br)c1)Nc1ccc(Cl)cc1. The van der Waals surface area contributed by atoms with Crippen LogP contribution in [0, 0.1) is 0 Å². The van der Waals surface area contributed by atoms with Crippen molar-refractivity contribution in [1.82, 2.24) is 4.72 Å². The molecule has 8 heteroatoms. The van der Waals surface area contributed by atoms with Gasteiger partial charge >= 0.3 is 0 Å². The number of carbonyl (C=O) groups is 1. The van der Waals surface area contributed by atoms with Gasteiger partial charge < -0.3 is 5.32 Å². The standard InChI is InChI=1S/C15H14BrClN2O3S/c16-12-3-1-2-11(8-12)10-23(21,22)18-9-15(20)19-14-6-4-13(17)5-7-14/h1-8,18H,9-10H2,(H,19,20). The number of carbonyl (C=O) groups excluding carboxylic acids is 1. The van der Waals surface area contributed by atoms with Crippen molar-refractivity contribution in [3.8, 4) is 0 Å². The third-order valence-corrected chi connectivity index (χ3v) is 4.87. The Balaban J connectivity index is 1.88. The predicted molar refractivity (Wildman–Crippen MR) is 94.9 cm³/mol. The number of rotatable bonds is 6. The highest BCUT2D eigenvalue weighted by molar-refractivity contribution is 9.10. The molecule has 0 heterocycles. The number of nitrogens with one attached hydrogen (secondary N) is 2. The Morgan fingerprint density at radius 1 is 1.13 bits per heavy atom. The van der Waals surface area contributed by atoms with Gasteiger partial charge in [-0.3, -0.25) is 4.79 Å². The fourth-order valence-corrected chi connectivity index (χ4v) is 3.46. The van der Waals surface area contributed by atoms with Gasteiger partial charge in [-0.1, -0.05) is 39.7 Å². The van der Waals surface area contributed by atoms with Crippen molar-refractivity contribution >= 4 is 49.1 Å². The van der Waals surface area contributed by atoms with Crippen LogP contribution in [0.5, 0.6) is 0 Å². The van der Waals surface area contributed by atoms with Gasteiger partial charge in [0, 0.05) is 15.2 Å². The van der Waals surface area contributed by atoms with E-state index < -0.39 is 15.9 Å². The van der Waals surface area contributed by atoms with Crippen LogP contribution in [0.1, 0.15) is 5.56 Å². The van der Waals surface area contributed by atoms with E-state index in [-0.39, 0.29) is 12.3 Å². The van der Waals surface area contributed by atoms with Crippen LogP contribution in [0.15, 0.2) is 53.0 Å². The molecule has 0 aliphatic carbocycles. The molecule has 2 N–H and O–H groups in total. The molecular formula is C15H14BrClN2O3S. The zero-order valence-electron chi connectivity index (χ0n) is 11.9. The normalized spacial score (nSPS) is 11.2. The van der Waals surface area contributed by atoms with Gasteiger partial charge in [-0.15, -0.1) is 0 Å². The first-order chi connectivity index (χ1) is 10.8. The Hall–Kier alpha value is -1.41. The molecule has 5 nitrogen and oxygen atoms in total. The molecule has 0 bridgehead atoms. The second kappa shape index (κ2) is 7.92. The summed E-state index contributed by atoms with van der Waals surface area (Å²) in [7, 11) is -3.60. The average Bonchev–Trinajstić information content (AvgIpc) is 2.47. The second-order valence-electron chi connectivity index (χ2n) is 4.77. The first-order valence-electron chi connectivity index (χ1n) is 6.61. The Morgan fingerprint density at radius 3 is 2.48 bits per heavy atom. The molecule has 122 valence electrons. The van der Waals surface area contributed by atoms with Crippen LogP contribution in [-0.2, 0) is 20.6 Å². The number of anilines is 1. The van der Waals surface area contributed by atoms with Gasteiger partial charge in [0.2, 0.25) is 15.9 Å². The summed E-state index contributed by atoms with van der Waals surface area (Å²) >= 11 is 9.03. The summed E-state index contributed by atoms with van der Waals surface area (Å²) in [5.41, 5.74) is 1.18. The number of amides is 1. The summed E-state index contributed by atoms with van der Waals surface area (Å²) in [6.07, 6.45) is 0. The third kappa shape index (κ3) is 6.31. The van der Waals surface area contributed by atoms with Crippen LogP contribution in [-0.4, -0.2) is 20.9 Å². The first kappa shape index (κ1) is 17.9. The van der Waals surface area contributed by atoms with Gasteiger partial charge in [-0.2, -0.15) is 0 Å². The van der Waals surface area contributed by atoms with E-state index in [2.05, 4.69) is 26.0 Å². The van der Waals surface area contributed by atoms with Crippen LogP contribution < -0.4 is 10.0 Å². The minimum absolute atomic E-state index is 0.194. The summed E-state index contributed by atoms with van der Waals surface area (Å²) in [5.74, 6) is -0.647. The summed E-state index contributed by atoms with van der Waals surface area (Å²) in [4.78, 5) is 11.8. The highest BCUT2D eigenvalue weighted by Crippen LogP contribution is 2.14. The quantitative estimate of drug-likeness (QED) is 0.758. The topological polar surface area (TPSA) is 75.3 Å².